The summed E-state index contributed by atoms with van der Waals surface area (Å²) in [4.78, 5) is 14.4. The second kappa shape index (κ2) is 7.92. The largest absolute Gasteiger partial charge is 0.497 e. The number of anilines is 1. The molecule has 5 heteroatoms. The highest BCUT2D eigenvalue weighted by molar-refractivity contribution is 5.94. The summed E-state index contributed by atoms with van der Waals surface area (Å²) in [5.41, 5.74) is 1.71. The maximum atomic E-state index is 12.5. The van der Waals surface area contributed by atoms with Crippen LogP contribution >= 0.6 is 0 Å². The molecule has 132 valence electrons. The normalized spacial score (nSPS) is 14.9. The molecule has 1 heterocycles. The number of rotatable bonds is 5. The molecule has 0 aromatic heterocycles. The molecule has 1 aliphatic heterocycles. The van der Waals surface area contributed by atoms with Gasteiger partial charge in [0.1, 0.15) is 11.5 Å². The molecule has 1 amide bonds. The van der Waals surface area contributed by atoms with Crippen LogP contribution in [0.2, 0.25) is 0 Å². The van der Waals surface area contributed by atoms with Gasteiger partial charge in [0.25, 0.3) is 5.91 Å². The number of carbonyl (C=O) groups excluding carboxylic acids is 1. The predicted molar refractivity (Wildman–Crippen MR) is 98.5 cm³/mol. The van der Waals surface area contributed by atoms with Crippen LogP contribution in [0.4, 0.5) is 5.69 Å². The molecule has 2 aromatic rings. The zero-order chi connectivity index (χ0) is 17.6. The molecule has 1 N–H and O–H groups in total. The molecule has 0 bridgehead atoms. The Labute approximate surface area is 148 Å². The number of benzene rings is 2. The van der Waals surface area contributed by atoms with Gasteiger partial charge >= 0.3 is 0 Å². The fourth-order valence-electron chi connectivity index (χ4n) is 3.13. The molecule has 1 saturated heterocycles. The van der Waals surface area contributed by atoms with Crippen molar-refractivity contribution in [2.75, 3.05) is 32.6 Å². The van der Waals surface area contributed by atoms with E-state index in [1.165, 1.54) is 0 Å². The lowest BCUT2D eigenvalue weighted by Gasteiger charge is -2.33. The van der Waals surface area contributed by atoms with Crippen LogP contribution in [0.5, 0.6) is 11.5 Å². The number of methoxy groups -OCH3 is 2. The molecular formula is C20H24N2O3. The first-order valence-corrected chi connectivity index (χ1v) is 8.54. The number of amides is 1. The highest BCUT2D eigenvalue weighted by atomic mass is 16.5. The summed E-state index contributed by atoms with van der Waals surface area (Å²) >= 11 is 0. The summed E-state index contributed by atoms with van der Waals surface area (Å²) < 4.78 is 10.7. The van der Waals surface area contributed by atoms with E-state index in [0.717, 1.165) is 48.7 Å². The number of piperidine rings is 1. The highest BCUT2D eigenvalue weighted by Gasteiger charge is 2.24. The lowest BCUT2D eigenvalue weighted by Crippen LogP contribution is -2.42. The van der Waals surface area contributed by atoms with Crippen molar-refractivity contribution in [2.24, 2.45) is 0 Å². The van der Waals surface area contributed by atoms with Crippen molar-refractivity contribution < 1.29 is 14.3 Å². The third kappa shape index (κ3) is 4.05. The van der Waals surface area contributed by atoms with E-state index in [1.54, 1.807) is 14.2 Å². The van der Waals surface area contributed by atoms with Crippen molar-refractivity contribution in [3.8, 4) is 11.5 Å². The number of hydrogen-bond acceptors (Lipinski definition) is 4. The van der Waals surface area contributed by atoms with Gasteiger partial charge in [-0.15, -0.1) is 0 Å². The highest BCUT2D eigenvalue weighted by Crippen LogP contribution is 2.30. The fraction of sp³-hybridized carbons (Fsp3) is 0.350. The van der Waals surface area contributed by atoms with Crippen molar-refractivity contribution >= 4 is 11.6 Å². The van der Waals surface area contributed by atoms with Crippen LogP contribution in [0.1, 0.15) is 23.2 Å². The minimum atomic E-state index is 0.112. The number of nitrogens with zero attached hydrogens (tertiary/aromatic N) is 1. The van der Waals surface area contributed by atoms with Gasteiger partial charge in [-0.2, -0.15) is 0 Å². The average molecular weight is 340 g/mol. The smallest absolute Gasteiger partial charge is 0.253 e. The second-order valence-corrected chi connectivity index (χ2v) is 6.14. The third-order valence-corrected chi connectivity index (χ3v) is 4.57. The number of carbonyl (C=O) groups is 1. The number of likely N-dealkylation sites (tertiary alicyclic amines) is 1. The quantitative estimate of drug-likeness (QED) is 0.906. The molecule has 3 rings (SSSR count). The van der Waals surface area contributed by atoms with Crippen LogP contribution in [-0.4, -0.2) is 44.2 Å². The van der Waals surface area contributed by atoms with Crippen molar-refractivity contribution in [1.29, 1.82) is 0 Å². The molecule has 25 heavy (non-hydrogen) atoms. The van der Waals surface area contributed by atoms with E-state index >= 15 is 0 Å². The average Bonchev–Trinajstić information content (AvgIpc) is 2.69. The third-order valence-electron chi connectivity index (χ3n) is 4.57. The Morgan fingerprint density at radius 3 is 2.40 bits per heavy atom. The molecule has 1 aliphatic rings. The SMILES string of the molecule is COc1ccc(NC2CCN(C(=O)c3ccccc3)CC2)c(OC)c1. The van der Waals surface area contributed by atoms with E-state index in [4.69, 9.17) is 9.47 Å². The molecule has 0 radical (unpaired) electrons. The molecule has 2 aromatic carbocycles. The Hall–Kier alpha value is -2.69. The maximum absolute atomic E-state index is 12.5. The van der Waals surface area contributed by atoms with E-state index in [0.29, 0.717) is 6.04 Å². The van der Waals surface area contributed by atoms with E-state index in [1.807, 2.05) is 53.4 Å². The first kappa shape index (κ1) is 17.1. The Morgan fingerprint density at radius 2 is 1.76 bits per heavy atom. The van der Waals surface area contributed by atoms with Gasteiger partial charge in [0.05, 0.1) is 19.9 Å². The topological polar surface area (TPSA) is 50.8 Å². The lowest BCUT2D eigenvalue weighted by molar-refractivity contribution is 0.0718. The molecule has 1 fully saturated rings. The van der Waals surface area contributed by atoms with Crippen LogP contribution in [-0.2, 0) is 0 Å². The van der Waals surface area contributed by atoms with E-state index in [2.05, 4.69) is 5.32 Å². The van der Waals surface area contributed by atoms with E-state index < -0.39 is 0 Å². The summed E-state index contributed by atoms with van der Waals surface area (Å²) in [6.45, 7) is 1.51. The first-order valence-electron chi connectivity index (χ1n) is 8.54. The summed E-state index contributed by atoms with van der Waals surface area (Å²) in [6.07, 6.45) is 1.82. The van der Waals surface area contributed by atoms with E-state index in [-0.39, 0.29) is 5.91 Å². The summed E-state index contributed by atoms with van der Waals surface area (Å²) in [5.74, 6) is 1.65. The van der Waals surface area contributed by atoms with Crippen LogP contribution < -0.4 is 14.8 Å². The van der Waals surface area contributed by atoms with Crippen LogP contribution in [0.3, 0.4) is 0 Å². The van der Waals surface area contributed by atoms with Crippen molar-refractivity contribution in [3.05, 3.63) is 54.1 Å². The lowest BCUT2D eigenvalue weighted by atomic mass is 10.0. The Bertz CT molecular complexity index is 710. The monoisotopic (exact) mass is 340 g/mol. The van der Waals surface area contributed by atoms with Gasteiger partial charge in [-0.05, 0) is 37.1 Å². The van der Waals surface area contributed by atoms with Crippen LogP contribution in [0, 0.1) is 0 Å². The number of hydrogen-bond donors (Lipinski definition) is 1. The van der Waals surface area contributed by atoms with Gasteiger partial charge in [0.15, 0.2) is 0 Å². The number of nitrogens with one attached hydrogen (secondary N) is 1. The summed E-state index contributed by atoms with van der Waals surface area (Å²) in [7, 11) is 3.29. The molecule has 0 spiro atoms. The first-order chi connectivity index (χ1) is 12.2. The van der Waals surface area contributed by atoms with Crippen molar-refractivity contribution in [2.45, 2.75) is 18.9 Å². The van der Waals surface area contributed by atoms with Gasteiger partial charge in [-0.3, -0.25) is 4.79 Å². The van der Waals surface area contributed by atoms with Gasteiger partial charge in [-0.1, -0.05) is 18.2 Å². The molecule has 0 saturated carbocycles. The predicted octanol–water partition coefficient (Wildman–Crippen LogP) is 3.42. The summed E-state index contributed by atoms with van der Waals surface area (Å²) in [6, 6.07) is 15.5. The zero-order valence-electron chi connectivity index (χ0n) is 14.7. The Morgan fingerprint density at radius 1 is 1.04 bits per heavy atom. The summed E-state index contributed by atoms with van der Waals surface area (Å²) in [5, 5.41) is 3.53. The van der Waals surface area contributed by atoms with Gasteiger partial charge in [0.2, 0.25) is 0 Å². The zero-order valence-corrected chi connectivity index (χ0v) is 14.7. The second-order valence-electron chi connectivity index (χ2n) is 6.14. The van der Waals surface area contributed by atoms with Gasteiger partial charge < -0.3 is 19.7 Å². The van der Waals surface area contributed by atoms with Gasteiger partial charge in [-0.25, -0.2) is 0 Å². The molecule has 0 atom stereocenters. The fourth-order valence-corrected chi connectivity index (χ4v) is 3.13. The Balaban J connectivity index is 1.59. The van der Waals surface area contributed by atoms with Gasteiger partial charge in [0, 0.05) is 30.8 Å². The van der Waals surface area contributed by atoms with Crippen LogP contribution in [0.15, 0.2) is 48.5 Å². The molecule has 5 nitrogen and oxygen atoms in total. The molecule has 0 aliphatic carbocycles. The van der Waals surface area contributed by atoms with Crippen LogP contribution in [0.25, 0.3) is 0 Å². The molecule has 0 unspecified atom stereocenters. The number of ether oxygens (including phenoxy) is 2. The van der Waals surface area contributed by atoms with Crippen molar-refractivity contribution in [1.82, 2.24) is 4.90 Å². The maximum Gasteiger partial charge on any atom is 0.253 e. The Kier molecular flexibility index (Phi) is 5.43. The standard InChI is InChI=1S/C20H24N2O3/c1-24-17-8-9-18(19(14-17)25-2)21-16-10-12-22(13-11-16)20(23)15-6-4-3-5-7-15/h3-9,14,16,21H,10-13H2,1-2H3. The minimum absolute atomic E-state index is 0.112. The molecular weight excluding hydrogens is 316 g/mol. The minimum Gasteiger partial charge on any atom is -0.497 e. The van der Waals surface area contributed by atoms with E-state index in [9.17, 15) is 4.79 Å². The van der Waals surface area contributed by atoms with Crippen molar-refractivity contribution in [3.63, 3.8) is 0 Å².